The molecule has 1 unspecified atom stereocenters. The Morgan fingerprint density at radius 2 is 1.88 bits per heavy atom. The van der Waals surface area contributed by atoms with Crippen LogP contribution in [0.1, 0.15) is 16.8 Å². The van der Waals surface area contributed by atoms with Gasteiger partial charge in [-0.2, -0.15) is 0 Å². The third kappa shape index (κ3) is 2.08. The summed E-state index contributed by atoms with van der Waals surface area (Å²) in [4.78, 5) is 33.1. The summed E-state index contributed by atoms with van der Waals surface area (Å²) in [6, 6.07) is 8.12. The minimum atomic E-state index is -0.930. The fourth-order valence-electron chi connectivity index (χ4n) is 1.22. The summed E-state index contributed by atoms with van der Waals surface area (Å²) in [5.41, 5.74) is 0.279. The maximum atomic E-state index is 11.4. The van der Waals surface area contributed by atoms with Crippen LogP contribution in [0.2, 0.25) is 0 Å². The molecule has 1 aliphatic heterocycles. The highest BCUT2D eigenvalue weighted by Crippen LogP contribution is 2.15. The third-order valence-corrected chi connectivity index (χ3v) is 2.09. The number of hydrogen-bond donors (Lipinski definition) is 0. The Balaban J connectivity index is 1.93. The molecule has 0 amide bonds. The predicted molar refractivity (Wildman–Crippen MR) is 51.4 cm³/mol. The van der Waals surface area contributed by atoms with Crippen LogP contribution in [0.15, 0.2) is 30.3 Å². The maximum absolute atomic E-state index is 11.4. The van der Waals surface area contributed by atoms with E-state index in [1.165, 1.54) is 12.1 Å². The van der Waals surface area contributed by atoms with Crippen molar-refractivity contribution >= 4 is 17.9 Å². The van der Waals surface area contributed by atoms with E-state index in [1.807, 2.05) is 0 Å². The van der Waals surface area contributed by atoms with E-state index in [0.717, 1.165) is 0 Å². The van der Waals surface area contributed by atoms with Crippen molar-refractivity contribution in [2.24, 2.45) is 0 Å². The molecule has 0 saturated carbocycles. The summed E-state index contributed by atoms with van der Waals surface area (Å²) >= 11 is 0. The Morgan fingerprint density at radius 1 is 1.25 bits per heavy atom. The van der Waals surface area contributed by atoms with E-state index in [-0.39, 0.29) is 12.0 Å². The zero-order chi connectivity index (χ0) is 11.5. The molecule has 1 atom stereocenters. The number of carbonyl (C=O) groups excluding carboxylic acids is 3. The highest BCUT2D eigenvalue weighted by atomic mass is 16.6. The Kier molecular flexibility index (Phi) is 2.68. The summed E-state index contributed by atoms with van der Waals surface area (Å²) in [5.74, 6) is -2.03. The van der Waals surface area contributed by atoms with Crippen LogP contribution in [0, 0.1) is 0 Å². The number of benzene rings is 1. The quantitative estimate of drug-likeness (QED) is 0.541. The molecular formula is C11H8O5. The molecule has 0 aliphatic carbocycles. The zero-order valence-electron chi connectivity index (χ0n) is 8.21. The van der Waals surface area contributed by atoms with Gasteiger partial charge in [-0.25, -0.2) is 9.59 Å². The summed E-state index contributed by atoms with van der Waals surface area (Å²) in [6.07, 6.45) is -0.957. The Bertz CT molecular complexity index is 429. The lowest BCUT2D eigenvalue weighted by Crippen LogP contribution is -2.41. The van der Waals surface area contributed by atoms with Crippen LogP contribution in [0.25, 0.3) is 0 Å². The molecule has 0 radical (unpaired) electrons. The molecule has 1 fully saturated rings. The number of cyclic esters (lactones) is 1. The van der Waals surface area contributed by atoms with Crippen molar-refractivity contribution in [3.63, 3.8) is 0 Å². The number of esters is 3. The van der Waals surface area contributed by atoms with Crippen LogP contribution in [0.4, 0.5) is 0 Å². The van der Waals surface area contributed by atoms with E-state index in [9.17, 15) is 14.4 Å². The number of ether oxygens (including phenoxy) is 2. The van der Waals surface area contributed by atoms with E-state index < -0.39 is 24.0 Å². The first-order chi connectivity index (χ1) is 7.66. The summed E-state index contributed by atoms with van der Waals surface area (Å²) in [5, 5.41) is 0. The first-order valence-corrected chi connectivity index (χ1v) is 4.67. The van der Waals surface area contributed by atoms with Gasteiger partial charge < -0.3 is 9.47 Å². The Morgan fingerprint density at radius 3 is 2.44 bits per heavy atom. The zero-order valence-corrected chi connectivity index (χ0v) is 8.21. The molecule has 1 aromatic carbocycles. The van der Waals surface area contributed by atoms with Crippen molar-refractivity contribution in [2.75, 3.05) is 0 Å². The monoisotopic (exact) mass is 220 g/mol. The summed E-state index contributed by atoms with van der Waals surface area (Å²) in [6.45, 7) is 0. The summed E-state index contributed by atoms with van der Waals surface area (Å²) < 4.78 is 9.01. The number of hydrogen-bond acceptors (Lipinski definition) is 5. The van der Waals surface area contributed by atoms with Gasteiger partial charge in [0, 0.05) is 0 Å². The van der Waals surface area contributed by atoms with Crippen LogP contribution in [-0.4, -0.2) is 24.0 Å². The molecule has 0 N–H and O–H groups in total. The third-order valence-electron chi connectivity index (χ3n) is 2.09. The van der Waals surface area contributed by atoms with E-state index in [0.29, 0.717) is 0 Å². The average molecular weight is 220 g/mol. The minimum absolute atomic E-state index is 0.0269. The summed E-state index contributed by atoms with van der Waals surface area (Å²) in [7, 11) is 0. The largest absolute Gasteiger partial charge is 0.450 e. The molecule has 16 heavy (non-hydrogen) atoms. The van der Waals surface area contributed by atoms with Crippen molar-refractivity contribution in [1.29, 1.82) is 0 Å². The van der Waals surface area contributed by atoms with Gasteiger partial charge in [0.25, 0.3) is 0 Å². The van der Waals surface area contributed by atoms with Crippen LogP contribution in [-0.2, 0) is 19.1 Å². The van der Waals surface area contributed by atoms with Crippen molar-refractivity contribution in [1.82, 2.24) is 0 Å². The van der Waals surface area contributed by atoms with E-state index in [1.54, 1.807) is 18.2 Å². The van der Waals surface area contributed by atoms with Gasteiger partial charge >= 0.3 is 17.9 Å². The average Bonchev–Trinajstić information content (AvgIpc) is 2.26. The van der Waals surface area contributed by atoms with Gasteiger partial charge in [0.1, 0.15) is 0 Å². The van der Waals surface area contributed by atoms with Gasteiger partial charge in [0.15, 0.2) is 0 Å². The minimum Gasteiger partial charge on any atom is -0.450 e. The standard InChI is InChI=1S/C11H8O5/c12-9-6-8(15-9)11(14)16-10(13)7-4-2-1-3-5-7/h1-5,8H,6H2. The lowest BCUT2D eigenvalue weighted by atomic mass is 10.2. The Labute approximate surface area is 91.0 Å². The molecular weight excluding hydrogens is 212 g/mol. The SMILES string of the molecule is O=C1CC(C(=O)OC(=O)c2ccccc2)O1. The first kappa shape index (κ1) is 10.4. The molecule has 0 aromatic heterocycles. The molecule has 1 saturated heterocycles. The van der Waals surface area contributed by atoms with Crippen LogP contribution >= 0.6 is 0 Å². The van der Waals surface area contributed by atoms with E-state index >= 15 is 0 Å². The van der Waals surface area contributed by atoms with Crippen molar-refractivity contribution < 1.29 is 23.9 Å². The highest BCUT2D eigenvalue weighted by molar-refractivity contribution is 6.00. The van der Waals surface area contributed by atoms with E-state index in [4.69, 9.17) is 0 Å². The lowest BCUT2D eigenvalue weighted by Gasteiger charge is -2.22. The van der Waals surface area contributed by atoms with Gasteiger partial charge in [-0.1, -0.05) is 18.2 Å². The van der Waals surface area contributed by atoms with Gasteiger partial charge in [-0.3, -0.25) is 4.79 Å². The second-order valence-electron chi connectivity index (χ2n) is 3.26. The molecule has 5 heteroatoms. The molecule has 0 bridgehead atoms. The smallest absolute Gasteiger partial charge is 0.355 e. The first-order valence-electron chi connectivity index (χ1n) is 4.67. The van der Waals surface area contributed by atoms with Gasteiger partial charge in [0.05, 0.1) is 12.0 Å². The maximum Gasteiger partial charge on any atom is 0.355 e. The second-order valence-corrected chi connectivity index (χ2v) is 3.26. The number of carbonyl (C=O) groups is 3. The molecule has 1 aliphatic rings. The van der Waals surface area contributed by atoms with Crippen LogP contribution < -0.4 is 0 Å². The molecule has 5 nitrogen and oxygen atoms in total. The molecule has 82 valence electrons. The second kappa shape index (κ2) is 4.14. The lowest BCUT2D eigenvalue weighted by molar-refractivity contribution is -0.182. The van der Waals surface area contributed by atoms with Gasteiger partial charge in [-0.05, 0) is 12.1 Å². The number of rotatable bonds is 2. The van der Waals surface area contributed by atoms with E-state index in [2.05, 4.69) is 9.47 Å². The fourth-order valence-corrected chi connectivity index (χ4v) is 1.22. The van der Waals surface area contributed by atoms with Crippen molar-refractivity contribution in [3.05, 3.63) is 35.9 Å². The predicted octanol–water partition coefficient (Wildman–Crippen LogP) is 0.686. The normalized spacial score (nSPS) is 18.2. The Hall–Kier alpha value is -2.17. The van der Waals surface area contributed by atoms with Gasteiger partial charge in [0.2, 0.25) is 6.10 Å². The molecule has 2 rings (SSSR count). The van der Waals surface area contributed by atoms with Crippen LogP contribution in [0.5, 0.6) is 0 Å². The highest BCUT2D eigenvalue weighted by Gasteiger charge is 2.37. The molecule has 1 aromatic rings. The van der Waals surface area contributed by atoms with Crippen molar-refractivity contribution in [3.8, 4) is 0 Å². The van der Waals surface area contributed by atoms with Crippen LogP contribution in [0.3, 0.4) is 0 Å². The molecule has 1 heterocycles. The van der Waals surface area contributed by atoms with Gasteiger partial charge in [-0.15, -0.1) is 0 Å². The fraction of sp³-hybridized carbons (Fsp3) is 0.182. The molecule has 0 spiro atoms. The van der Waals surface area contributed by atoms with Crippen molar-refractivity contribution in [2.45, 2.75) is 12.5 Å². The topological polar surface area (TPSA) is 69.7 Å².